The molecular weight excluding hydrogens is 400 g/mol. The molecule has 32 heavy (non-hydrogen) atoms. The van der Waals surface area contributed by atoms with E-state index in [1.807, 2.05) is 13.0 Å². The van der Waals surface area contributed by atoms with E-state index in [-0.39, 0.29) is 5.97 Å². The minimum Gasteiger partial charge on any atom is -0.426 e. The second-order valence-corrected chi connectivity index (χ2v) is 7.98. The van der Waals surface area contributed by atoms with E-state index in [2.05, 4.69) is 43.4 Å². The van der Waals surface area contributed by atoms with E-state index >= 15 is 0 Å². The molecule has 0 radical (unpaired) electrons. The normalized spacial score (nSPS) is 11.9. The van der Waals surface area contributed by atoms with Crippen LogP contribution in [0, 0.1) is 6.92 Å². The summed E-state index contributed by atoms with van der Waals surface area (Å²) in [6.07, 6.45) is 23.3. The smallest absolute Gasteiger partial charge is 0.336 e. The Hall–Kier alpha value is -2.88. The summed E-state index contributed by atoms with van der Waals surface area (Å²) in [5.41, 5.74) is 0.882. The quantitative estimate of drug-likeness (QED) is 0.101. The number of benzene rings is 1. The molecule has 0 saturated heterocycles. The second kappa shape index (κ2) is 15.0. The number of rotatable bonds is 14. The summed E-state index contributed by atoms with van der Waals surface area (Å²) in [5, 5.41) is 0.843. The summed E-state index contributed by atoms with van der Waals surface area (Å²) in [6, 6.07) is 6.61. The molecule has 1 aromatic carbocycles. The Labute approximate surface area is 191 Å². The lowest BCUT2D eigenvalue weighted by atomic mass is 10.1. The van der Waals surface area contributed by atoms with Gasteiger partial charge in [-0.2, -0.15) is 0 Å². The topological polar surface area (TPSA) is 56.5 Å². The van der Waals surface area contributed by atoms with Gasteiger partial charge in [-0.1, -0.05) is 62.6 Å². The van der Waals surface area contributed by atoms with E-state index in [1.165, 1.54) is 18.9 Å². The Kier molecular flexibility index (Phi) is 11.9. The van der Waals surface area contributed by atoms with Crippen molar-refractivity contribution < 1.29 is 13.9 Å². The first kappa shape index (κ1) is 25.4. The molecule has 0 aliphatic carbocycles. The van der Waals surface area contributed by atoms with Gasteiger partial charge in [0.1, 0.15) is 11.3 Å². The van der Waals surface area contributed by atoms with Gasteiger partial charge in [0.05, 0.1) is 0 Å². The molecule has 172 valence electrons. The van der Waals surface area contributed by atoms with Gasteiger partial charge in [0.15, 0.2) is 0 Å². The lowest BCUT2D eigenvalue weighted by molar-refractivity contribution is -0.134. The third kappa shape index (κ3) is 9.95. The molecule has 0 spiro atoms. The molecule has 4 nitrogen and oxygen atoms in total. The number of carbonyl (C=O) groups is 1. The molecule has 0 fully saturated rings. The van der Waals surface area contributed by atoms with Crippen molar-refractivity contribution in [1.29, 1.82) is 0 Å². The van der Waals surface area contributed by atoms with E-state index in [4.69, 9.17) is 9.15 Å². The Morgan fingerprint density at radius 2 is 1.59 bits per heavy atom. The van der Waals surface area contributed by atoms with Crippen LogP contribution in [0.15, 0.2) is 69.9 Å². The van der Waals surface area contributed by atoms with Crippen molar-refractivity contribution in [3.05, 3.63) is 76.7 Å². The summed E-state index contributed by atoms with van der Waals surface area (Å²) in [4.78, 5) is 23.6. The van der Waals surface area contributed by atoms with Gasteiger partial charge < -0.3 is 9.15 Å². The molecule has 0 N–H and O–H groups in total. The van der Waals surface area contributed by atoms with Gasteiger partial charge in [-0.3, -0.25) is 4.79 Å². The summed E-state index contributed by atoms with van der Waals surface area (Å²) in [7, 11) is 0. The minimum atomic E-state index is -0.402. The first-order valence-corrected chi connectivity index (χ1v) is 11.8. The molecule has 0 aliphatic rings. The first-order chi connectivity index (χ1) is 15.6. The SMILES string of the molecule is CC/C=C\C/C=C\C/C=C\CCCCCCCC(=O)Oc1ccc2c(C)cc(=O)oc2c1. The van der Waals surface area contributed by atoms with Gasteiger partial charge in [-0.25, -0.2) is 4.79 Å². The van der Waals surface area contributed by atoms with Crippen LogP contribution >= 0.6 is 0 Å². The summed E-state index contributed by atoms with van der Waals surface area (Å²) < 4.78 is 10.6. The number of fused-ring (bicyclic) bond motifs is 1. The number of ether oxygens (including phenoxy) is 1. The Morgan fingerprint density at radius 1 is 0.906 bits per heavy atom. The van der Waals surface area contributed by atoms with Crippen LogP contribution in [0.3, 0.4) is 0 Å². The van der Waals surface area contributed by atoms with E-state index in [1.54, 1.807) is 12.1 Å². The van der Waals surface area contributed by atoms with Crippen LogP contribution in [0.4, 0.5) is 0 Å². The highest BCUT2D eigenvalue weighted by molar-refractivity contribution is 5.82. The standard InChI is InChI=1S/C28H36O4/c1-3-4-5-6-7-8-9-10-11-12-13-14-15-16-17-18-27(29)31-24-19-20-25-23(2)21-28(30)32-26(25)22-24/h4-5,7-8,10-11,19-22H,3,6,9,12-18H2,1-2H3/b5-4-,8-7-,11-10-. The second-order valence-electron chi connectivity index (χ2n) is 7.98. The third-order valence-electron chi connectivity index (χ3n) is 5.19. The van der Waals surface area contributed by atoms with Crippen LogP contribution in [0.25, 0.3) is 11.0 Å². The lowest BCUT2D eigenvalue weighted by Crippen LogP contribution is -2.07. The van der Waals surface area contributed by atoms with Crippen LogP contribution in [-0.2, 0) is 4.79 Å². The number of carbonyl (C=O) groups excluding carboxylic acids is 1. The van der Waals surface area contributed by atoms with Crippen LogP contribution < -0.4 is 10.4 Å². The molecule has 2 aromatic rings. The Morgan fingerprint density at radius 3 is 2.38 bits per heavy atom. The number of hydrogen-bond donors (Lipinski definition) is 0. The molecule has 0 aliphatic heterocycles. The molecular formula is C28H36O4. The van der Waals surface area contributed by atoms with Gasteiger partial charge in [0.2, 0.25) is 0 Å². The maximum absolute atomic E-state index is 12.1. The lowest BCUT2D eigenvalue weighted by Gasteiger charge is -2.06. The van der Waals surface area contributed by atoms with Gasteiger partial charge in [0.25, 0.3) is 0 Å². The maximum atomic E-state index is 12.1. The van der Waals surface area contributed by atoms with E-state index in [9.17, 15) is 9.59 Å². The molecule has 1 heterocycles. The maximum Gasteiger partial charge on any atom is 0.336 e. The zero-order chi connectivity index (χ0) is 23.0. The van der Waals surface area contributed by atoms with E-state index in [0.29, 0.717) is 17.8 Å². The average Bonchev–Trinajstić information content (AvgIpc) is 2.76. The number of aryl methyl sites for hydroxylation is 1. The van der Waals surface area contributed by atoms with Gasteiger partial charge in [-0.15, -0.1) is 0 Å². The fraction of sp³-hybridized carbons (Fsp3) is 0.429. The Balaban J connectivity index is 1.54. The van der Waals surface area contributed by atoms with Crippen molar-refractivity contribution >= 4 is 16.9 Å². The fourth-order valence-electron chi connectivity index (χ4n) is 3.44. The van der Waals surface area contributed by atoms with Crippen LogP contribution in [0.1, 0.15) is 76.7 Å². The molecule has 4 heteroatoms. The summed E-state index contributed by atoms with van der Waals surface area (Å²) in [6.45, 7) is 4.00. The zero-order valence-electron chi connectivity index (χ0n) is 19.5. The monoisotopic (exact) mass is 436 g/mol. The molecule has 0 atom stereocenters. The molecule has 2 rings (SSSR count). The van der Waals surface area contributed by atoms with Crippen molar-refractivity contribution in [2.45, 2.75) is 78.1 Å². The van der Waals surface area contributed by atoms with Crippen molar-refractivity contribution in [2.24, 2.45) is 0 Å². The predicted molar refractivity (Wildman–Crippen MR) is 132 cm³/mol. The van der Waals surface area contributed by atoms with E-state index < -0.39 is 5.63 Å². The highest BCUT2D eigenvalue weighted by atomic mass is 16.5. The first-order valence-electron chi connectivity index (χ1n) is 11.8. The van der Waals surface area contributed by atoms with Gasteiger partial charge >= 0.3 is 11.6 Å². The Bertz CT molecular complexity index is 979. The molecule has 0 saturated carbocycles. The molecule has 1 aromatic heterocycles. The third-order valence-corrected chi connectivity index (χ3v) is 5.19. The van der Waals surface area contributed by atoms with Crippen molar-refractivity contribution in [2.75, 3.05) is 0 Å². The number of allylic oxidation sites excluding steroid dienone is 6. The van der Waals surface area contributed by atoms with Crippen LogP contribution in [0.2, 0.25) is 0 Å². The highest BCUT2D eigenvalue weighted by Gasteiger charge is 2.08. The van der Waals surface area contributed by atoms with Gasteiger partial charge in [0, 0.05) is 23.9 Å². The highest BCUT2D eigenvalue weighted by Crippen LogP contribution is 2.22. The van der Waals surface area contributed by atoms with Crippen LogP contribution in [-0.4, -0.2) is 5.97 Å². The zero-order valence-corrected chi connectivity index (χ0v) is 19.5. The molecule has 0 bridgehead atoms. The fourth-order valence-corrected chi connectivity index (χ4v) is 3.44. The summed E-state index contributed by atoms with van der Waals surface area (Å²) in [5.74, 6) is 0.163. The van der Waals surface area contributed by atoms with Crippen molar-refractivity contribution in [1.82, 2.24) is 0 Å². The van der Waals surface area contributed by atoms with Gasteiger partial charge in [-0.05, 0) is 63.1 Å². The van der Waals surface area contributed by atoms with Crippen molar-refractivity contribution in [3.63, 3.8) is 0 Å². The number of hydrogen-bond acceptors (Lipinski definition) is 4. The number of esters is 1. The van der Waals surface area contributed by atoms with E-state index in [0.717, 1.165) is 55.9 Å². The molecule has 0 amide bonds. The predicted octanol–water partition coefficient (Wildman–Crippen LogP) is 7.60. The minimum absolute atomic E-state index is 0.250. The summed E-state index contributed by atoms with van der Waals surface area (Å²) >= 11 is 0. The largest absolute Gasteiger partial charge is 0.426 e. The average molecular weight is 437 g/mol. The van der Waals surface area contributed by atoms with Crippen molar-refractivity contribution in [3.8, 4) is 5.75 Å². The van der Waals surface area contributed by atoms with Crippen LogP contribution in [0.5, 0.6) is 5.75 Å². The number of unbranched alkanes of at least 4 members (excludes halogenated alkanes) is 5. The molecule has 0 unspecified atom stereocenters.